The molecule has 20 heavy (non-hydrogen) atoms. The number of H-pyrrole nitrogens is 1. The number of carbonyl (C=O) groups excluding carboxylic acids is 1. The van der Waals surface area contributed by atoms with E-state index in [0.29, 0.717) is 5.82 Å². The van der Waals surface area contributed by atoms with Crippen LogP contribution in [-0.2, 0) is 6.54 Å². The first-order valence-electron chi connectivity index (χ1n) is 5.30. The molecule has 0 aliphatic rings. The lowest BCUT2D eigenvalue weighted by atomic mass is 10.2. The summed E-state index contributed by atoms with van der Waals surface area (Å²) in [4.78, 5) is 11.7. The molecule has 0 unspecified atom stereocenters. The summed E-state index contributed by atoms with van der Waals surface area (Å²) in [6.45, 7) is 0.0778. The first-order chi connectivity index (χ1) is 9.44. The Morgan fingerprint density at radius 2 is 2.00 bits per heavy atom. The number of rotatable bonds is 4. The number of amides is 1. The Balaban J connectivity index is 1.93. The third-order valence-corrected chi connectivity index (χ3v) is 2.89. The second-order valence-corrected chi connectivity index (χ2v) is 4.72. The number of benzene rings is 1. The maximum absolute atomic E-state index is 12.1. The van der Waals surface area contributed by atoms with Crippen LogP contribution in [0, 0.1) is 0 Å². The first kappa shape index (κ1) is 14.3. The van der Waals surface area contributed by atoms with E-state index < -0.39 is 11.4 Å². The minimum atomic E-state index is -4.34. The number of nitrogens with one attached hydrogen (secondary N) is 2. The van der Waals surface area contributed by atoms with Crippen LogP contribution in [0.15, 0.2) is 29.2 Å². The number of thioether (sulfide) groups is 1. The number of nitrogens with zero attached hydrogens (tertiary/aromatic N) is 3. The SMILES string of the molecule is O=C(NCc1nn[nH]n1)c1ccc(SC(F)(F)F)cc1. The van der Waals surface area contributed by atoms with E-state index in [1.54, 1.807) is 0 Å². The fourth-order valence-electron chi connectivity index (χ4n) is 1.33. The summed E-state index contributed by atoms with van der Waals surface area (Å²) in [5, 5.41) is 15.4. The lowest BCUT2D eigenvalue weighted by Gasteiger charge is -2.06. The second kappa shape index (κ2) is 5.90. The van der Waals surface area contributed by atoms with Crippen LogP contribution >= 0.6 is 11.8 Å². The Morgan fingerprint density at radius 3 is 2.55 bits per heavy atom. The zero-order valence-corrected chi connectivity index (χ0v) is 10.6. The Morgan fingerprint density at radius 1 is 1.30 bits per heavy atom. The van der Waals surface area contributed by atoms with E-state index in [9.17, 15) is 18.0 Å². The van der Waals surface area contributed by atoms with Crippen LogP contribution in [0.4, 0.5) is 13.2 Å². The molecule has 0 spiro atoms. The van der Waals surface area contributed by atoms with Gasteiger partial charge in [0.1, 0.15) is 0 Å². The van der Waals surface area contributed by atoms with Gasteiger partial charge in [-0.1, -0.05) is 5.21 Å². The Bertz CT molecular complexity index is 570. The van der Waals surface area contributed by atoms with Gasteiger partial charge < -0.3 is 5.32 Å². The molecule has 0 saturated carbocycles. The summed E-state index contributed by atoms with van der Waals surface area (Å²) < 4.78 is 36.4. The van der Waals surface area contributed by atoms with Crippen molar-refractivity contribution in [1.82, 2.24) is 25.9 Å². The number of aromatic amines is 1. The minimum Gasteiger partial charge on any atom is -0.345 e. The van der Waals surface area contributed by atoms with Crippen LogP contribution in [-0.4, -0.2) is 32.0 Å². The molecule has 2 rings (SSSR count). The molecule has 0 fully saturated rings. The van der Waals surface area contributed by atoms with Crippen molar-refractivity contribution in [3.05, 3.63) is 35.7 Å². The van der Waals surface area contributed by atoms with Crippen LogP contribution in [0.5, 0.6) is 0 Å². The van der Waals surface area contributed by atoms with Crippen molar-refractivity contribution < 1.29 is 18.0 Å². The summed E-state index contributed by atoms with van der Waals surface area (Å²) in [7, 11) is 0. The van der Waals surface area contributed by atoms with Crippen molar-refractivity contribution in [1.29, 1.82) is 0 Å². The average molecular weight is 303 g/mol. The molecule has 0 aliphatic carbocycles. The van der Waals surface area contributed by atoms with Crippen molar-refractivity contribution in [2.75, 3.05) is 0 Å². The second-order valence-electron chi connectivity index (χ2n) is 3.58. The molecule has 2 N–H and O–H groups in total. The molecular weight excluding hydrogens is 295 g/mol. The smallest absolute Gasteiger partial charge is 0.345 e. The van der Waals surface area contributed by atoms with Crippen LogP contribution in [0.1, 0.15) is 16.2 Å². The van der Waals surface area contributed by atoms with E-state index in [2.05, 4.69) is 25.9 Å². The Hall–Kier alpha value is -2.10. The van der Waals surface area contributed by atoms with Gasteiger partial charge in [0.25, 0.3) is 5.91 Å². The quantitative estimate of drug-likeness (QED) is 0.841. The van der Waals surface area contributed by atoms with E-state index in [1.807, 2.05) is 0 Å². The highest BCUT2D eigenvalue weighted by atomic mass is 32.2. The van der Waals surface area contributed by atoms with Gasteiger partial charge in [0.15, 0.2) is 5.82 Å². The van der Waals surface area contributed by atoms with Gasteiger partial charge in [-0.05, 0) is 36.0 Å². The van der Waals surface area contributed by atoms with E-state index in [-0.39, 0.29) is 28.8 Å². The molecule has 106 valence electrons. The monoisotopic (exact) mass is 303 g/mol. The minimum absolute atomic E-state index is 0.0206. The lowest BCUT2D eigenvalue weighted by molar-refractivity contribution is -0.0328. The number of alkyl halides is 3. The number of tetrazole rings is 1. The summed E-state index contributed by atoms with van der Waals surface area (Å²) in [5.74, 6) is -0.124. The van der Waals surface area contributed by atoms with E-state index >= 15 is 0 Å². The predicted molar refractivity (Wildman–Crippen MR) is 63.7 cm³/mol. The van der Waals surface area contributed by atoms with Gasteiger partial charge in [-0.15, -0.1) is 10.2 Å². The summed E-state index contributed by atoms with van der Waals surface area (Å²) >= 11 is -0.232. The summed E-state index contributed by atoms with van der Waals surface area (Å²) in [5.41, 5.74) is -4.09. The molecule has 6 nitrogen and oxygen atoms in total. The molecule has 0 bridgehead atoms. The van der Waals surface area contributed by atoms with Crippen LogP contribution in [0.3, 0.4) is 0 Å². The summed E-state index contributed by atoms with van der Waals surface area (Å²) in [6.07, 6.45) is 0. The van der Waals surface area contributed by atoms with Crippen molar-refractivity contribution in [2.45, 2.75) is 16.9 Å². The normalized spacial score (nSPS) is 11.3. The Kier molecular flexibility index (Phi) is 4.23. The molecule has 0 saturated heterocycles. The first-order valence-corrected chi connectivity index (χ1v) is 6.12. The fraction of sp³-hybridized carbons (Fsp3) is 0.200. The molecule has 1 aromatic carbocycles. The number of carbonyl (C=O) groups is 1. The van der Waals surface area contributed by atoms with Crippen molar-refractivity contribution >= 4 is 17.7 Å². The Labute approximate surface area is 115 Å². The molecule has 2 aromatic rings. The van der Waals surface area contributed by atoms with Gasteiger partial charge in [-0.2, -0.15) is 18.4 Å². The van der Waals surface area contributed by atoms with Gasteiger partial charge in [-0.3, -0.25) is 4.79 Å². The fourth-order valence-corrected chi connectivity index (χ4v) is 1.87. The maximum atomic E-state index is 12.1. The van der Waals surface area contributed by atoms with Crippen LogP contribution in [0.2, 0.25) is 0 Å². The van der Waals surface area contributed by atoms with Gasteiger partial charge in [0.2, 0.25) is 0 Å². The van der Waals surface area contributed by atoms with Gasteiger partial charge >= 0.3 is 5.51 Å². The number of aromatic nitrogens is 4. The number of hydrogen-bond donors (Lipinski definition) is 2. The van der Waals surface area contributed by atoms with Gasteiger partial charge in [-0.25, -0.2) is 0 Å². The average Bonchev–Trinajstić information content (AvgIpc) is 2.88. The number of halogens is 3. The van der Waals surface area contributed by atoms with Crippen molar-refractivity contribution in [3.8, 4) is 0 Å². The van der Waals surface area contributed by atoms with E-state index in [4.69, 9.17) is 0 Å². The maximum Gasteiger partial charge on any atom is 0.446 e. The van der Waals surface area contributed by atoms with Crippen LogP contribution in [0.25, 0.3) is 0 Å². The molecule has 1 heterocycles. The topological polar surface area (TPSA) is 83.6 Å². The third kappa shape index (κ3) is 4.23. The zero-order chi connectivity index (χ0) is 14.6. The van der Waals surface area contributed by atoms with E-state index in [0.717, 1.165) is 0 Å². The van der Waals surface area contributed by atoms with E-state index in [1.165, 1.54) is 24.3 Å². The molecule has 1 aromatic heterocycles. The largest absolute Gasteiger partial charge is 0.446 e. The van der Waals surface area contributed by atoms with Gasteiger partial charge in [0, 0.05) is 10.5 Å². The lowest BCUT2D eigenvalue weighted by Crippen LogP contribution is -2.23. The van der Waals surface area contributed by atoms with Crippen molar-refractivity contribution in [2.24, 2.45) is 0 Å². The molecule has 1 amide bonds. The predicted octanol–water partition coefficient (Wildman–Crippen LogP) is 1.74. The molecule has 0 atom stereocenters. The van der Waals surface area contributed by atoms with Crippen LogP contribution < -0.4 is 5.32 Å². The molecular formula is C10H8F3N5OS. The third-order valence-electron chi connectivity index (χ3n) is 2.15. The molecule has 10 heteroatoms. The summed E-state index contributed by atoms with van der Waals surface area (Å²) in [6, 6.07) is 5.11. The molecule has 0 aliphatic heterocycles. The van der Waals surface area contributed by atoms with Gasteiger partial charge in [0.05, 0.1) is 6.54 Å². The highest BCUT2D eigenvalue weighted by Crippen LogP contribution is 2.36. The highest BCUT2D eigenvalue weighted by Gasteiger charge is 2.29. The standard InChI is InChI=1S/C10H8F3N5OS/c11-10(12,13)20-7-3-1-6(2-4-7)9(19)14-5-8-15-17-18-16-8/h1-4H,5H2,(H,14,19)(H,15,16,17,18). The zero-order valence-electron chi connectivity index (χ0n) is 9.81. The highest BCUT2D eigenvalue weighted by molar-refractivity contribution is 8.00. The van der Waals surface area contributed by atoms with Crippen molar-refractivity contribution in [3.63, 3.8) is 0 Å². The number of hydrogen-bond acceptors (Lipinski definition) is 5. The molecule has 0 radical (unpaired) electrons.